The molecule has 0 aliphatic heterocycles. The quantitative estimate of drug-likeness (QED) is 0.224. The minimum absolute atomic E-state index is 0.160. The third-order valence-electron chi connectivity index (χ3n) is 2.02. The summed E-state index contributed by atoms with van der Waals surface area (Å²) >= 11 is 2.87. The second kappa shape index (κ2) is 9.74. The molecule has 1 N–H and O–H groups in total. The first kappa shape index (κ1) is 16.9. The maximum absolute atomic E-state index is 11.4. The summed E-state index contributed by atoms with van der Waals surface area (Å²) in [7, 11) is 0. The molecule has 0 saturated heterocycles. The number of thioether (sulfide) groups is 1. The Labute approximate surface area is 131 Å². The zero-order valence-corrected chi connectivity index (χ0v) is 13.2. The highest BCUT2D eigenvalue weighted by Crippen LogP contribution is 2.05. The van der Waals surface area contributed by atoms with Gasteiger partial charge in [-0.1, -0.05) is 17.8 Å². The van der Waals surface area contributed by atoms with Gasteiger partial charge in [0.25, 0.3) is 0 Å². The fourth-order valence-corrected chi connectivity index (χ4v) is 1.99. The van der Waals surface area contributed by atoms with Gasteiger partial charge in [0, 0.05) is 4.88 Å². The molecule has 0 aliphatic carbocycles. The Morgan fingerprint density at radius 2 is 2.48 bits per heavy atom. The molecule has 0 saturated carbocycles. The summed E-state index contributed by atoms with van der Waals surface area (Å²) in [5.41, 5.74) is 2.58. The molecule has 0 aromatic carbocycles. The number of thiophene rings is 1. The van der Waals surface area contributed by atoms with E-state index in [1.165, 1.54) is 11.8 Å². The third kappa shape index (κ3) is 6.25. The molecule has 0 atom stereocenters. The molecule has 1 aromatic rings. The number of esters is 1. The van der Waals surface area contributed by atoms with Crippen LogP contribution in [0.2, 0.25) is 0 Å². The van der Waals surface area contributed by atoms with Crippen molar-refractivity contribution in [3.05, 3.63) is 34.2 Å². The average Bonchev–Trinajstić information content (AvgIpc) is 2.99. The van der Waals surface area contributed by atoms with Crippen LogP contribution in [-0.4, -0.2) is 30.2 Å². The van der Waals surface area contributed by atoms with Gasteiger partial charge in [0.2, 0.25) is 0 Å². The van der Waals surface area contributed by atoms with Crippen molar-refractivity contribution >= 4 is 40.5 Å². The zero-order chi connectivity index (χ0) is 15.5. The van der Waals surface area contributed by atoms with E-state index in [4.69, 9.17) is 10.00 Å². The van der Waals surface area contributed by atoms with Crippen LogP contribution in [-0.2, 0) is 9.53 Å². The number of hydrogen-bond acceptors (Lipinski definition) is 7. The van der Waals surface area contributed by atoms with Gasteiger partial charge in [0.15, 0.2) is 10.7 Å². The lowest BCUT2D eigenvalue weighted by atomic mass is 10.3. The molecule has 1 heterocycles. The van der Waals surface area contributed by atoms with Crippen LogP contribution in [0.25, 0.3) is 0 Å². The van der Waals surface area contributed by atoms with Crippen LogP contribution < -0.4 is 5.43 Å². The Morgan fingerprint density at radius 1 is 1.67 bits per heavy atom. The van der Waals surface area contributed by atoms with Crippen molar-refractivity contribution in [1.29, 1.82) is 5.26 Å². The van der Waals surface area contributed by atoms with Crippen LogP contribution in [0.1, 0.15) is 11.8 Å². The molecule has 6 nitrogen and oxygen atoms in total. The summed E-state index contributed by atoms with van der Waals surface area (Å²) in [5.74, 6) is -0.689. The van der Waals surface area contributed by atoms with Gasteiger partial charge in [-0.3, -0.25) is 5.43 Å². The Balaban J connectivity index is 2.69. The number of carbonyl (C=O) groups is 1. The third-order valence-corrected chi connectivity index (χ3v) is 3.41. The summed E-state index contributed by atoms with van der Waals surface area (Å²) in [6, 6.07) is 5.61. The highest BCUT2D eigenvalue weighted by molar-refractivity contribution is 8.13. The van der Waals surface area contributed by atoms with Crippen LogP contribution in [0.4, 0.5) is 0 Å². The van der Waals surface area contributed by atoms with Crippen molar-refractivity contribution in [3.8, 4) is 6.07 Å². The lowest BCUT2D eigenvalue weighted by Gasteiger charge is -2.00. The molecular formula is C13H14N4O2S2. The minimum atomic E-state index is -0.689. The van der Waals surface area contributed by atoms with Crippen LogP contribution >= 0.6 is 23.1 Å². The molecule has 0 bridgehead atoms. The number of rotatable bonds is 5. The fraction of sp³-hybridized carbons (Fsp3) is 0.231. The van der Waals surface area contributed by atoms with Crippen molar-refractivity contribution < 1.29 is 9.53 Å². The molecule has 0 amide bonds. The van der Waals surface area contributed by atoms with E-state index in [2.05, 4.69) is 15.5 Å². The van der Waals surface area contributed by atoms with Crippen LogP contribution in [0.5, 0.6) is 0 Å². The van der Waals surface area contributed by atoms with Gasteiger partial charge < -0.3 is 4.74 Å². The summed E-state index contributed by atoms with van der Waals surface area (Å²) in [6.45, 7) is 1.88. The lowest BCUT2D eigenvalue weighted by Crippen LogP contribution is -2.13. The largest absolute Gasteiger partial charge is 0.462 e. The lowest BCUT2D eigenvalue weighted by molar-refractivity contribution is -0.138. The SMILES string of the molecule is CCOC(=O)/C(C#N)=C/N=C(N/N=C/c1cccs1)SC. The monoisotopic (exact) mass is 322 g/mol. The molecule has 0 aliphatic rings. The van der Waals surface area contributed by atoms with Crippen molar-refractivity contribution in [2.45, 2.75) is 6.92 Å². The fourth-order valence-electron chi connectivity index (χ4n) is 1.10. The smallest absolute Gasteiger partial charge is 0.350 e. The maximum Gasteiger partial charge on any atom is 0.350 e. The van der Waals surface area contributed by atoms with E-state index < -0.39 is 5.97 Å². The Bertz CT molecular complexity index is 586. The van der Waals surface area contributed by atoms with Crippen molar-refractivity contribution in [3.63, 3.8) is 0 Å². The van der Waals surface area contributed by atoms with E-state index in [1.807, 2.05) is 17.5 Å². The number of aliphatic imine (C=N–C) groups is 1. The number of hydrazone groups is 1. The highest BCUT2D eigenvalue weighted by atomic mass is 32.2. The van der Waals surface area contributed by atoms with E-state index in [0.29, 0.717) is 5.17 Å². The number of nitrogens with zero attached hydrogens (tertiary/aromatic N) is 3. The molecule has 8 heteroatoms. The molecule has 0 spiro atoms. The number of nitrogens with one attached hydrogen (secondary N) is 1. The van der Waals surface area contributed by atoms with E-state index >= 15 is 0 Å². The van der Waals surface area contributed by atoms with Gasteiger partial charge in [-0.25, -0.2) is 9.79 Å². The highest BCUT2D eigenvalue weighted by Gasteiger charge is 2.09. The van der Waals surface area contributed by atoms with Crippen LogP contribution in [0, 0.1) is 11.3 Å². The Hall–Kier alpha value is -2.11. The second-order valence-electron chi connectivity index (χ2n) is 3.40. The molecule has 0 radical (unpaired) electrons. The van der Waals surface area contributed by atoms with Gasteiger partial charge >= 0.3 is 5.97 Å². The predicted molar refractivity (Wildman–Crippen MR) is 86.3 cm³/mol. The zero-order valence-electron chi connectivity index (χ0n) is 11.6. The summed E-state index contributed by atoms with van der Waals surface area (Å²) < 4.78 is 4.74. The Morgan fingerprint density at radius 3 is 3.05 bits per heavy atom. The average molecular weight is 322 g/mol. The first-order valence-corrected chi connectivity index (χ1v) is 8.03. The molecule has 0 fully saturated rings. The number of nitriles is 1. The molecule has 1 rings (SSSR count). The van der Waals surface area contributed by atoms with Crippen molar-refractivity contribution in [1.82, 2.24) is 5.43 Å². The van der Waals surface area contributed by atoms with Crippen molar-refractivity contribution in [2.75, 3.05) is 12.9 Å². The van der Waals surface area contributed by atoms with Crippen molar-refractivity contribution in [2.24, 2.45) is 10.1 Å². The van der Waals surface area contributed by atoms with Gasteiger partial charge in [-0.05, 0) is 24.6 Å². The first-order chi connectivity index (χ1) is 10.2. The normalized spacial score (nSPS) is 12.2. The van der Waals surface area contributed by atoms with E-state index in [-0.39, 0.29) is 12.2 Å². The van der Waals surface area contributed by atoms with Gasteiger partial charge in [-0.2, -0.15) is 10.4 Å². The van der Waals surface area contributed by atoms with Gasteiger partial charge in [0.05, 0.1) is 19.0 Å². The first-order valence-electron chi connectivity index (χ1n) is 5.93. The molecule has 21 heavy (non-hydrogen) atoms. The topological polar surface area (TPSA) is 86.8 Å². The molecule has 0 unspecified atom stereocenters. The molecular weight excluding hydrogens is 308 g/mol. The number of amidine groups is 1. The standard InChI is InChI=1S/C13H14N4O2S2/c1-3-19-12(18)10(7-14)8-15-13(20-2)17-16-9-11-5-4-6-21-11/h4-6,8-9H,3H2,1-2H3,(H,15,17)/b10-8+,16-9+. The molecule has 110 valence electrons. The van der Waals surface area contributed by atoms with Gasteiger partial charge in [0.1, 0.15) is 6.07 Å². The van der Waals surface area contributed by atoms with Crippen LogP contribution in [0.3, 0.4) is 0 Å². The van der Waals surface area contributed by atoms with E-state index in [1.54, 1.807) is 36.8 Å². The molecule has 1 aromatic heterocycles. The van der Waals surface area contributed by atoms with Gasteiger partial charge in [-0.15, -0.1) is 11.3 Å². The number of carbonyl (C=O) groups excluding carboxylic acids is 1. The maximum atomic E-state index is 11.4. The number of hydrogen-bond donors (Lipinski definition) is 1. The van der Waals surface area contributed by atoms with E-state index in [9.17, 15) is 4.79 Å². The second-order valence-corrected chi connectivity index (χ2v) is 5.17. The van der Waals surface area contributed by atoms with E-state index in [0.717, 1.165) is 11.1 Å². The van der Waals surface area contributed by atoms with Crippen LogP contribution in [0.15, 0.2) is 39.4 Å². The summed E-state index contributed by atoms with van der Waals surface area (Å²) in [4.78, 5) is 16.4. The minimum Gasteiger partial charge on any atom is -0.462 e. The summed E-state index contributed by atoms with van der Waals surface area (Å²) in [5, 5.41) is 15.3. The summed E-state index contributed by atoms with van der Waals surface area (Å²) in [6.07, 6.45) is 4.63. The number of ether oxygens (including phenoxy) is 1. The predicted octanol–water partition coefficient (Wildman–Crippen LogP) is 2.36. The Kier molecular flexibility index (Phi) is 7.86.